The summed E-state index contributed by atoms with van der Waals surface area (Å²) in [6.07, 6.45) is 4.45. The molecule has 2 heterocycles. The average molecular weight is 272 g/mol. The van der Waals surface area contributed by atoms with Gasteiger partial charge in [0.15, 0.2) is 5.82 Å². The maximum Gasteiger partial charge on any atom is 0.225 e. The van der Waals surface area contributed by atoms with E-state index in [0.29, 0.717) is 18.7 Å². The summed E-state index contributed by atoms with van der Waals surface area (Å²) in [5.74, 6) is 0.364. The highest BCUT2D eigenvalue weighted by atomic mass is 16.1. The topological polar surface area (TPSA) is 88.5 Å². The Balaban J connectivity index is 1.86. The Hall–Kier alpha value is -2.62. The Bertz CT molecular complexity index is 648. The van der Waals surface area contributed by atoms with E-state index in [9.17, 15) is 4.79 Å². The van der Waals surface area contributed by atoms with Gasteiger partial charge in [0.05, 0.1) is 12.3 Å². The number of anilines is 1. The van der Waals surface area contributed by atoms with E-state index in [4.69, 9.17) is 5.26 Å². The normalized spacial score (nSPS) is 10.2. The minimum absolute atomic E-state index is 0.101. The molecule has 2 aromatic heterocycles. The van der Waals surface area contributed by atoms with Crippen molar-refractivity contribution in [1.29, 1.82) is 5.26 Å². The summed E-state index contributed by atoms with van der Waals surface area (Å²) in [6.45, 7) is 2.15. The number of carbonyl (C=O) groups is 1. The van der Waals surface area contributed by atoms with E-state index >= 15 is 0 Å². The Morgan fingerprint density at radius 2 is 2.35 bits per heavy atom. The highest BCUT2D eigenvalue weighted by Crippen LogP contribution is 2.09. The van der Waals surface area contributed by atoms with Crippen molar-refractivity contribution in [2.75, 3.05) is 5.32 Å². The lowest BCUT2D eigenvalue weighted by Gasteiger charge is -2.02. The maximum absolute atomic E-state index is 11.8. The van der Waals surface area contributed by atoms with Crippen molar-refractivity contribution in [3.8, 4) is 6.07 Å². The van der Waals surface area contributed by atoms with Crippen molar-refractivity contribution >= 4 is 11.7 Å². The van der Waals surface area contributed by atoms with Crippen LogP contribution in [0.5, 0.6) is 0 Å². The molecule has 0 unspecified atom stereocenters. The minimum atomic E-state index is -0.101. The van der Waals surface area contributed by atoms with E-state index in [1.165, 1.54) is 4.68 Å². The van der Waals surface area contributed by atoms with Crippen LogP contribution in [0, 0.1) is 18.3 Å². The van der Waals surface area contributed by atoms with Crippen LogP contribution in [-0.2, 0) is 24.8 Å². The second-order valence-corrected chi connectivity index (χ2v) is 4.48. The largest absolute Gasteiger partial charge is 0.309 e. The number of rotatable bonds is 5. The first-order chi connectivity index (χ1) is 9.60. The van der Waals surface area contributed by atoms with Gasteiger partial charge in [-0.25, -0.2) is 0 Å². The van der Waals surface area contributed by atoms with Gasteiger partial charge in [0.1, 0.15) is 6.54 Å². The smallest absolute Gasteiger partial charge is 0.225 e. The third kappa shape index (κ3) is 3.23. The Morgan fingerprint density at radius 3 is 3.00 bits per heavy atom. The third-order valence-electron chi connectivity index (χ3n) is 3.10. The number of amides is 1. The highest BCUT2D eigenvalue weighted by Gasteiger charge is 2.08. The predicted molar refractivity (Wildman–Crippen MR) is 72.7 cm³/mol. The molecular formula is C13H16N6O. The molecule has 0 aliphatic rings. The van der Waals surface area contributed by atoms with E-state index in [1.807, 2.05) is 20.0 Å². The fraction of sp³-hybridized carbons (Fsp3) is 0.385. The molecule has 0 spiro atoms. The molecule has 0 atom stereocenters. The van der Waals surface area contributed by atoms with Gasteiger partial charge >= 0.3 is 0 Å². The summed E-state index contributed by atoms with van der Waals surface area (Å²) >= 11 is 0. The Labute approximate surface area is 116 Å². The maximum atomic E-state index is 11.8. The molecule has 0 aliphatic carbocycles. The fourth-order valence-electron chi connectivity index (χ4n) is 1.83. The van der Waals surface area contributed by atoms with Crippen LogP contribution in [0.4, 0.5) is 5.82 Å². The van der Waals surface area contributed by atoms with Crippen LogP contribution < -0.4 is 5.32 Å². The second kappa shape index (κ2) is 6.02. The lowest BCUT2D eigenvalue weighted by atomic mass is 10.1. The summed E-state index contributed by atoms with van der Waals surface area (Å²) in [4.78, 5) is 11.8. The molecule has 1 N–H and O–H groups in total. The summed E-state index contributed by atoms with van der Waals surface area (Å²) in [7, 11) is 1.88. The standard InChI is InChI=1S/C13H16N6O/c1-10-11(9-15-18(10)2)3-4-13(20)16-12-5-7-19(17-12)8-6-14/h5,7,9H,3-4,8H2,1-2H3,(H,16,17,20). The van der Waals surface area contributed by atoms with Gasteiger partial charge < -0.3 is 5.32 Å². The average Bonchev–Trinajstić information content (AvgIpc) is 2.97. The zero-order valence-corrected chi connectivity index (χ0v) is 11.5. The number of hydrogen-bond acceptors (Lipinski definition) is 4. The molecular weight excluding hydrogens is 256 g/mol. The number of aromatic nitrogens is 4. The SMILES string of the molecule is Cc1c(CCC(=O)Nc2ccn(CC#N)n2)cnn1C. The summed E-state index contributed by atoms with van der Waals surface area (Å²) in [5.41, 5.74) is 2.13. The quantitative estimate of drug-likeness (QED) is 0.880. The Morgan fingerprint density at radius 1 is 1.55 bits per heavy atom. The highest BCUT2D eigenvalue weighted by molar-refractivity contribution is 5.89. The number of nitriles is 1. The zero-order valence-electron chi connectivity index (χ0n) is 11.5. The zero-order chi connectivity index (χ0) is 14.5. The van der Waals surface area contributed by atoms with Gasteiger partial charge in [0.2, 0.25) is 5.91 Å². The lowest BCUT2D eigenvalue weighted by Crippen LogP contribution is -2.13. The van der Waals surface area contributed by atoms with Crippen molar-refractivity contribution in [3.63, 3.8) is 0 Å². The summed E-state index contributed by atoms with van der Waals surface area (Å²) in [5, 5.41) is 19.5. The predicted octanol–water partition coefficient (Wildman–Crippen LogP) is 1.02. The van der Waals surface area contributed by atoms with Crippen LogP contribution in [0.25, 0.3) is 0 Å². The van der Waals surface area contributed by atoms with Gasteiger partial charge in [-0.05, 0) is 18.9 Å². The summed E-state index contributed by atoms with van der Waals surface area (Å²) < 4.78 is 3.26. The summed E-state index contributed by atoms with van der Waals surface area (Å²) in [6, 6.07) is 3.66. The van der Waals surface area contributed by atoms with Gasteiger partial charge in [0, 0.05) is 31.4 Å². The first kappa shape index (κ1) is 13.8. The first-order valence-corrected chi connectivity index (χ1v) is 6.28. The van der Waals surface area contributed by atoms with Gasteiger partial charge in [-0.1, -0.05) is 0 Å². The fourth-order valence-corrected chi connectivity index (χ4v) is 1.83. The van der Waals surface area contributed by atoms with Crippen LogP contribution in [0.2, 0.25) is 0 Å². The number of carbonyl (C=O) groups excluding carboxylic acids is 1. The van der Waals surface area contributed by atoms with Crippen LogP contribution in [0.1, 0.15) is 17.7 Å². The molecule has 2 rings (SSSR count). The minimum Gasteiger partial charge on any atom is -0.309 e. The molecule has 0 fully saturated rings. The molecule has 0 saturated heterocycles. The van der Waals surface area contributed by atoms with E-state index in [0.717, 1.165) is 11.3 Å². The number of aryl methyl sites for hydroxylation is 2. The lowest BCUT2D eigenvalue weighted by molar-refractivity contribution is -0.116. The van der Waals surface area contributed by atoms with E-state index in [1.54, 1.807) is 23.1 Å². The van der Waals surface area contributed by atoms with Crippen LogP contribution in [0.3, 0.4) is 0 Å². The molecule has 7 heteroatoms. The van der Waals surface area contributed by atoms with Gasteiger partial charge in [-0.2, -0.15) is 15.5 Å². The third-order valence-corrected chi connectivity index (χ3v) is 3.10. The molecule has 0 aromatic carbocycles. The molecule has 0 aliphatic heterocycles. The number of hydrogen-bond donors (Lipinski definition) is 1. The molecule has 2 aromatic rings. The van der Waals surface area contributed by atoms with Crippen LogP contribution in [0.15, 0.2) is 18.5 Å². The van der Waals surface area contributed by atoms with Crippen LogP contribution >= 0.6 is 0 Å². The Kier molecular flexibility index (Phi) is 4.15. The van der Waals surface area contributed by atoms with Crippen molar-refractivity contribution in [2.45, 2.75) is 26.3 Å². The molecule has 7 nitrogen and oxygen atoms in total. The molecule has 0 saturated carbocycles. The van der Waals surface area contributed by atoms with E-state index < -0.39 is 0 Å². The molecule has 0 radical (unpaired) electrons. The second-order valence-electron chi connectivity index (χ2n) is 4.48. The first-order valence-electron chi connectivity index (χ1n) is 6.28. The van der Waals surface area contributed by atoms with Crippen molar-refractivity contribution in [1.82, 2.24) is 19.6 Å². The van der Waals surface area contributed by atoms with E-state index in [2.05, 4.69) is 15.5 Å². The molecule has 20 heavy (non-hydrogen) atoms. The van der Waals surface area contributed by atoms with Crippen LogP contribution in [-0.4, -0.2) is 25.5 Å². The van der Waals surface area contributed by atoms with Crippen molar-refractivity contribution in [3.05, 3.63) is 29.7 Å². The van der Waals surface area contributed by atoms with Crippen molar-refractivity contribution < 1.29 is 4.79 Å². The van der Waals surface area contributed by atoms with Gasteiger partial charge in [-0.3, -0.25) is 14.2 Å². The monoisotopic (exact) mass is 272 g/mol. The molecule has 104 valence electrons. The van der Waals surface area contributed by atoms with Gasteiger partial charge in [-0.15, -0.1) is 0 Å². The molecule has 0 bridgehead atoms. The van der Waals surface area contributed by atoms with E-state index in [-0.39, 0.29) is 12.5 Å². The number of nitrogens with zero attached hydrogens (tertiary/aromatic N) is 5. The van der Waals surface area contributed by atoms with Gasteiger partial charge in [0.25, 0.3) is 0 Å². The number of nitrogens with one attached hydrogen (secondary N) is 1. The molecule has 1 amide bonds. The van der Waals surface area contributed by atoms with Crippen molar-refractivity contribution in [2.24, 2.45) is 7.05 Å².